The fraction of sp³-hybridized carbons (Fsp3) is 0.562. The van der Waals surface area contributed by atoms with Crippen LogP contribution < -0.4 is 5.32 Å². The first kappa shape index (κ1) is 13.3. The number of benzene rings is 1. The van der Waals surface area contributed by atoms with E-state index in [2.05, 4.69) is 38.2 Å². The van der Waals surface area contributed by atoms with Crippen molar-refractivity contribution in [2.24, 2.45) is 5.41 Å². The molecule has 1 saturated carbocycles. The summed E-state index contributed by atoms with van der Waals surface area (Å²) < 4.78 is 0. The van der Waals surface area contributed by atoms with Gasteiger partial charge in [0, 0.05) is 17.5 Å². The third-order valence-corrected chi connectivity index (χ3v) is 3.86. The number of ketones is 1. The topological polar surface area (TPSA) is 29.1 Å². The van der Waals surface area contributed by atoms with Gasteiger partial charge in [0.2, 0.25) is 0 Å². The molecule has 0 radical (unpaired) electrons. The minimum atomic E-state index is -0.113. The van der Waals surface area contributed by atoms with Crippen LogP contribution in [0.5, 0.6) is 0 Å². The summed E-state index contributed by atoms with van der Waals surface area (Å²) in [6, 6.07) is 8.14. The summed E-state index contributed by atoms with van der Waals surface area (Å²) in [6.07, 6.45) is 2.04. The molecule has 0 aliphatic heterocycles. The maximum Gasteiger partial charge on any atom is 0.170 e. The minimum absolute atomic E-state index is 0.113. The van der Waals surface area contributed by atoms with Crippen LogP contribution >= 0.6 is 0 Å². The maximum absolute atomic E-state index is 12.4. The van der Waals surface area contributed by atoms with Crippen molar-refractivity contribution in [3.05, 3.63) is 35.4 Å². The van der Waals surface area contributed by atoms with E-state index < -0.39 is 0 Å². The maximum atomic E-state index is 12.4. The van der Waals surface area contributed by atoms with Gasteiger partial charge in [-0.05, 0) is 30.9 Å². The van der Waals surface area contributed by atoms with Gasteiger partial charge >= 0.3 is 0 Å². The van der Waals surface area contributed by atoms with Gasteiger partial charge in [0.1, 0.15) is 0 Å². The van der Waals surface area contributed by atoms with E-state index in [9.17, 15) is 4.79 Å². The van der Waals surface area contributed by atoms with Crippen molar-refractivity contribution >= 4 is 5.78 Å². The van der Waals surface area contributed by atoms with Gasteiger partial charge in [-0.3, -0.25) is 4.79 Å². The molecule has 0 atom stereocenters. The Balaban J connectivity index is 2.18. The number of rotatable bonds is 4. The first-order valence-corrected chi connectivity index (χ1v) is 6.69. The lowest BCUT2D eigenvalue weighted by Crippen LogP contribution is -2.28. The molecule has 2 rings (SSSR count). The molecule has 2 nitrogen and oxygen atoms in total. The number of Topliss-reactive ketones (excluding diaryl/α,β-unsaturated/α-hetero) is 1. The molecule has 0 heterocycles. The summed E-state index contributed by atoms with van der Waals surface area (Å²) in [5, 5.41) is 3.14. The molecule has 2 heteroatoms. The fourth-order valence-electron chi connectivity index (χ4n) is 2.40. The third-order valence-electron chi connectivity index (χ3n) is 3.86. The SMILES string of the molecule is CNCC1(C(=O)c2ccc(C(C)(C)C)cc2)CC1. The third kappa shape index (κ3) is 2.49. The van der Waals surface area contributed by atoms with Crippen LogP contribution in [-0.4, -0.2) is 19.4 Å². The molecule has 98 valence electrons. The van der Waals surface area contributed by atoms with E-state index in [-0.39, 0.29) is 10.8 Å². The molecule has 1 aromatic carbocycles. The van der Waals surface area contributed by atoms with Gasteiger partial charge in [0.25, 0.3) is 0 Å². The van der Waals surface area contributed by atoms with Crippen LogP contribution in [0.4, 0.5) is 0 Å². The van der Waals surface area contributed by atoms with Crippen LogP contribution in [0.3, 0.4) is 0 Å². The van der Waals surface area contributed by atoms with E-state index in [0.29, 0.717) is 5.78 Å². The van der Waals surface area contributed by atoms with Gasteiger partial charge in [-0.25, -0.2) is 0 Å². The predicted octanol–water partition coefficient (Wildman–Crippen LogP) is 3.17. The highest BCUT2D eigenvalue weighted by Gasteiger charge is 2.48. The standard InChI is InChI=1S/C16H23NO/c1-15(2,3)13-7-5-12(6-8-13)14(18)16(9-10-16)11-17-4/h5-8,17H,9-11H2,1-4H3. The number of carbonyl (C=O) groups is 1. The summed E-state index contributed by atoms with van der Waals surface area (Å²) in [7, 11) is 1.91. The van der Waals surface area contributed by atoms with E-state index in [4.69, 9.17) is 0 Å². The van der Waals surface area contributed by atoms with Crippen LogP contribution in [0.1, 0.15) is 49.5 Å². The van der Waals surface area contributed by atoms with Gasteiger partial charge in [-0.1, -0.05) is 45.0 Å². The Kier molecular flexibility index (Phi) is 3.33. The zero-order valence-corrected chi connectivity index (χ0v) is 11.8. The average Bonchev–Trinajstić information content (AvgIpc) is 3.09. The number of hydrogen-bond acceptors (Lipinski definition) is 2. The van der Waals surface area contributed by atoms with Crippen molar-refractivity contribution in [2.75, 3.05) is 13.6 Å². The van der Waals surface area contributed by atoms with E-state index in [1.165, 1.54) is 5.56 Å². The lowest BCUT2D eigenvalue weighted by Gasteiger charge is -2.20. The molecule has 1 N–H and O–H groups in total. The summed E-state index contributed by atoms with van der Waals surface area (Å²) in [5.41, 5.74) is 2.16. The summed E-state index contributed by atoms with van der Waals surface area (Å²) >= 11 is 0. The van der Waals surface area contributed by atoms with Gasteiger partial charge in [0.05, 0.1) is 0 Å². The lowest BCUT2D eigenvalue weighted by molar-refractivity contribution is 0.0900. The van der Waals surface area contributed by atoms with Crippen molar-refractivity contribution in [3.63, 3.8) is 0 Å². The van der Waals surface area contributed by atoms with Crippen molar-refractivity contribution in [2.45, 2.75) is 39.0 Å². The summed E-state index contributed by atoms with van der Waals surface area (Å²) in [5.74, 6) is 0.303. The molecule has 1 aliphatic rings. The van der Waals surface area contributed by atoms with Crippen LogP contribution in [-0.2, 0) is 5.41 Å². The molecule has 0 unspecified atom stereocenters. The quantitative estimate of drug-likeness (QED) is 0.826. The van der Waals surface area contributed by atoms with Crippen LogP contribution in [0, 0.1) is 5.41 Å². The lowest BCUT2D eigenvalue weighted by atomic mass is 9.85. The van der Waals surface area contributed by atoms with Gasteiger partial charge < -0.3 is 5.32 Å². The highest BCUT2D eigenvalue weighted by Crippen LogP contribution is 2.47. The highest BCUT2D eigenvalue weighted by atomic mass is 16.1. The van der Waals surface area contributed by atoms with Crippen LogP contribution in [0.2, 0.25) is 0 Å². The molecular weight excluding hydrogens is 222 g/mol. The second-order valence-electron chi connectivity index (χ2n) is 6.47. The minimum Gasteiger partial charge on any atom is -0.319 e. The largest absolute Gasteiger partial charge is 0.319 e. The Morgan fingerprint density at radius 2 is 1.78 bits per heavy atom. The Morgan fingerprint density at radius 1 is 1.22 bits per heavy atom. The zero-order chi connectivity index (χ0) is 13.4. The average molecular weight is 245 g/mol. The molecule has 1 aliphatic carbocycles. The predicted molar refractivity (Wildman–Crippen MR) is 75.1 cm³/mol. The molecule has 1 fully saturated rings. The van der Waals surface area contributed by atoms with E-state index in [1.54, 1.807) is 0 Å². The van der Waals surface area contributed by atoms with Gasteiger partial charge in [-0.2, -0.15) is 0 Å². The normalized spacial score (nSPS) is 17.6. The molecule has 18 heavy (non-hydrogen) atoms. The first-order chi connectivity index (χ1) is 8.39. The summed E-state index contributed by atoms with van der Waals surface area (Å²) in [6.45, 7) is 7.36. The van der Waals surface area contributed by atoms with Crippen molar-refractivity contribution < 1.29 is 4.79 Å². The molecule has 1 aromatic rings. The molecule has 0 amide bonds. The fourth-order valence-corrected chi connectivity index (χ4v) is 2.40. The smallest absolute Gasteiger partial charge is 0.170 e. The zero-order valence-electron chi connectivity index (χ0n) is 11.8. The van der Waals surface area contributed by atoms with E-state index in [0.717, 1.165) is 24.9 Å². The van der Waals surface area contributed by atoms with Crippen LogP contribution in [0.15, 0.2) is 24.3 Å². The van der Waals surface area contributed by atoms with E-state index in [1.807, 2.05) is 19.2 Å². The Labute approximate surface area is 110 Å². The second-order valence-corrected chi connectivity index (χ2v) is 6.47. The summed E-state index contributed by atoms with van der Waals surface area (Å²) in [4.78, 5) is 12.4. The molecule has 0 bridgehead atoms. The Hall–Kier alpha value is -1.15. The number of carbonyl (C=O) groups excluding carboxylic acids is 1. The van der Waals surface area contributed by atoms with Gasteiger partial charge in [-0.15, -0.1) is 0 Å². The van der Waals surface area contributed by atoms with Crippen molar-refractivity contribution in [1.29, 1.82) is 0 Å². The van der Waals surface area contributed by atoms with Crippen molar-refractivity contribution in [3.8, 4) is 0 Å². The van der Waals surface area contributed by atoms with Gasteiger partial charge in [0.15, 0.2) is 5.78 Å². The molecular formula is C16H23NO. The number of hydrogen-bond donors (Lipinski definition) is 1. The first-order valence-electron chi connectivity index (χ1n) is 6.69. The second kappa shape index (κ2) is 4.51. The molecule has 0 spiro atoms. The monoisotopic (exact) mass is 245 g/mol. The Bertz CT molecular complexity index is 435. The number of nitrogens with one attached hydrogen (secondary N) is 1. The molecule has 0 aromatic heterocycles. The molecule has 0 saturated heterocycles. The van der Waals surface area contributed by atoms with Crippen molar-refractivity contribution in [1.82, 2.24) is 5.32 Å². The van der Waals surface area contributed by atoms with E-state index >= 15 is 0 Å². The highest BCUT2D eigenvalue weighted by molar-refractivity contribution is 6.02. The Morgan fingerprint density at radius 3 is 2.17 bits per heavy atom. The van der Waals surface area contributed by atoms with Crippen LogP contribution in [0.25, 0.3) is 0 Å².